The summed E-state index contributed by atoms with van der Waals surface area (Å²) in [5.74, 6) is 0.274. The molecule has 0 unspecified atom stereocenters. The molecule has 5 nitrogen and oxygen atoms in total. The van der Waals surface area contributed by atoms with Gasteiger partial charge in [0.05, 0.1) is 17.5 Å². The van der Waals surface area contributed by atoms with Crippen molar-refractivity contribution in [3.05, 3.63) is 40.5 Å². The van der Waals surface area contributed by atoms with E-state index in [4.69, 9.17) is 22.1 Å². The molecule has 1 aliphatic rings. The Bertz CT molecular complexity index is 851. The van der Waals surface area contributed by atoms with E-state index in [1.165, 1.54) is 12.1 Å². The molecule has 130 valence electrons. The first kappa shape index (κ1) is 17.3. The summed E-state index contributed by atoms with van der Waals surface area (Å²) in [5, 5.41) is 0.491. The largest absolute Gasteiger partial charge is 0.384 e. The van der Waals surface area contributed by atoms with Crippen LogP contribution < -0.4 is 5.73 Å². The second-order valence-electron chi connectivity index (χ2n) is 6.13. The van der Waals surface area contributed by atoms with Crippen LogP contribution in [0, 0.1) is 13.8 Å². The summed E-state index contributed by atoms with van der Waals surface area (Å²) < 4.78 is 33.6. The van der Waals surface area contributed by atoms with Gasteiger partial charge in [0, 0.05) is 17.3 Å². The molecule has 1 aliphatic heterocycles. The summed E-state index contributed by atoms with van der Waals surface area (Å²) in [6.45, 7) is 5.01. The second-order valence-corrected chi connectivity index (χ2v) is 8.45. The maximum Gasteiger partial charge on any atom is 0.210 e. The van der Waals surface area contributed by atoms with Crippen molar-refractivity contribution in [1.29, 1.82) is 0 Å². The van der Waals surface area contributed by atoms with E-state index < -0.39 is 9.84 Å². The number of hydrogen-bond acceptors (Lipinski definition) is 4. The quantitative estimate of drug-likeness (QED) is 0.897. The number of nitrogen functional groups attached to an aromatic ring is 1. The van der Waals surface area contributed by atoms with Crippen molar-refractivity contribution in [3.63, 3.8) is 0 Å². The van der Waals surface area contributed by atoms with Gasteiger partial charge in [-0.05, 0) is 56.5 Å². The lowest BCUT2D eigenvalue weighted by atomic mass is 10.2. The summed E-state index contributed by atoms with van der Waals surface area (Å²) in [6, 6.07) is 6.14. The number of sulfone groups is 1. The summed E-state index contributed by atoms with van der Waals surface area (Å²) >= 11 is 5.86. The van der Waals surface area contributed by atoms with Crippen LogP contribution in [0.2, 0.25) is 5.02 Å². The third kappa shape index (κ3) is 2.94. The fourth-order valence-electron chi connectivity index (χ4n) is 3.16. The summed E-state index contributed by atoms with van der Waals surface area (Å²) in [6.07, 6.45) is 2.08. The number of aromatic nitrogens is 1. The van der Waals surface area contributed by atoms with Gasteiger partial charge in [-0.3, -0.25) is 0 Å². The maximum absolute atomic E-state index is 13.0. The van der Waals surface area contributed by atoms with E-state index in [0.717, 1.165) is 25.1 Å². The van der Waals surface area contributed by atoms with Gasteiger partial charge in [0.2, 0.25) is 9.84 Å². The first-order valence-corrected chi connectivity index (χ1v) is 9.76. The van der Waals surface area contributed by atoms with E-state index in [9.17, 15) is 8.42 Å². The average Bonchev–Trinajstić information content (AvgIpc) is 3.11. The molecule has 1 saturated heterocycles. The molecule has 1 atom stereocenters. The molecule has 2 aromatic rings. The minimum Gasteiger partial charge on any atom is -0.384 e. The number of hydrogen-bond donors (Lipinski definition) is 1. The zero-order valence-corrected chi connectivity index (χ0v) is 15.3. The van der Waals surface area contributed by atoms with Gasteiger partial charge in [0.15, 0.2) is 0 Å². The Morgan fingerprint density at radius 3 is 2.54 bits per heavy atom. The Hall–Kier alpha value is -1.50. The monoisotopic (exact) mass is 368 g/mol. The Labute approximate surface area is 147 Å². The van der Waals surface area contributed by atoms with Gasteiger partial charge in [-0.15, -0.1) is 0 Å². The lowest BCUT2D eigenvalue weighted by molar-refractivity contribution is 0.0970. The molecule has 0 bridgehead atoms. The van der Waals surface area contributed by atoms with Crippen LogP contribution in [-0.4, -0.2) is 25.7 Å². The van der Waals surface area contributed by atoms with Crippen LogP contribution in [0.1, 0.15) is 24.1 Å². The molecule has 2 heterocycles. The standard InChI is InChI=1S/C17H21ClN2O3S/c1-11-12(2)20(10-14-4-3-9-23-14)17(19)16(11)24(21,22)15-7-5-13(18)6-8-15/h5-8,14H,3-4,9-10,19H2,1-2H3/t14-/m0/s1. The van der Waals surface area contributed by atoms with Gasteiger partial charge in [-0.2, -0.15) is 0 Å². The van der Waals surface area contributed by atoms with Crippen molar-refractivity contribution in [2.45, 2.75) is 49.1 Å². The van der Waals surface area contributed by atoms with Crippen molar-refractivity contribution in [2.75, 3.05) is 12.3 Å². The van der Waals surface area contributed by atoms with Crippen LogP contribution in [0.25, 0.3) is 0 Å². The third-order valence-electron chi connectivity index (χ3n) is 4.61. The first-order chi connectivity index (χ1) is 11.3. The molecule has 0 spiro atoms. The smallest absolute Gasteiger partial charge is 0.210 e. The van der Waals surface area contributed by atoms with Gasteiger partial charge < -0.3 is 15.0 Å². The van der Waals surface area contributed by atoms with Crippen molar-refractivity contribution in [3.8, 4) is 0 Å². The van der Waals surface area contributed by atoms with Crippen LogP contribution in [0.15, 0.2) is 34.1 Å². The van der Waals surface area contributed by atoms with Crippen LogP contribution in [0.5, 0.6) is 0 Å². The van der Waals surface area contributed by atoms with Gasteiger partial charge in [0.1, 0.15) is 10.7 Å². The van der Waals surface area contributed by atoms with E-state index in [-0.39, 0.29) is 21.7 Å². The normalized spacial score (nSPS) is 18.2. The topological polar surface area (TPSA) is 74.3 Å². The molecule has 0 saturated carbocycles. The van der Waals surface area contributed by atoms with Gasteiger partial charge in [0.25, 0.3) is 0 Å². The number of halogens is 1. The first-order valence-electron chi connectivity index (χ1n) is 7.89. The van der Waals surface area contributed by atoms with Crippen molar-refractivity contribution < 1.29 is 13.2 Å². The molecule has 24 heavy (non-hydrogen) atoms. The van der Waals surface area contributed by atoms with Gasteiger partial charge in [-0.25, -0.2) is 8.42 Å². The Morgan fingerprint density at radius 1 is 1.29 bits per heavy atom. The minimum absolute atomic E-state index is 0.0869. The van der Waals surface area contributed by atoms with Crippen molar-refractivity contribution in [1.82, 2.24) is 4.57 Å². The van der Waals surface area contributed by atoms with Crippen LogP contribution >= 0.6 is 11.6 Å². The van der Waals surface area contributed by atoms with E-state index in [1.54, 1.807) is 19.1 Å². The highest BCUT2D eigenvalue weighted by Crippen LogP contribution is 2.34. The summed E-state index contributed by atoms with van der Waals surface area (Å²) in [4.78, 5) is 0.372. The van der Waals surface area contributed by atoms with Gasteiger partial charge >= 0.3 is 0 Å². The molecule has 3 rings (SSSR count). The molecular weight excluding hydrogens is 348 g/mol. The third-order valence-corrected chi connectivity index (χ3v) is 6.81. The lowest BCUT2D eigenvalue weighted by Crippen LogP contribution is -2.18. The van der Waals surface area contributed by atoms with Crippen LogP contribution in [-0.2, 0) is 21.1 Å². The molecular formula is C17H21ClN2O3S. The fourth-order valence-corrected chi connectivity index (χ4v) is 4.95. The predicted octanol–water partition coefficient (Wildman–Crippen LogP) is 3.35. The fraction of sp³-hybridized carbons (Fsp3) is 0.412. The number of anilines is 1. The minimum atomic E-state index is -3.70. The molecule has 0 aliphatic carbocycles. The Morgan fingerprint density at radius 2 is 1.96 bits per heavy atom. The number of rotatable bonds is 4. The van der Waals surface area contributed by atoms with Crippen molar-refractivity contribution in [2.24, 2.45) is 0 Å². The number of ether oxygens (including phenoxy) is 1. The van der Waals surface area contributed by atoms with E-state index in [1.807, 2.05) is 11.5 Å². The number of nitrogens with zero attached hydrogens (tertiary/aromatic N) is 1. The highest BCUT2D eigenvalue weighted by atomic mass is 35.5. The molecule has 0 amide bonds. The second kappa shape index (κ2) is 6.43. The number of nitrogens with two attached hydrogens (primary N) is 1. The molecule has 1 fully saturated rings. The zero-order chi connectivity index (χ0) is 17.5. The van der Waals surface area contributed by atoms with E-state index >= 15 is 0 Å². The molecule has 1 aromatic heterocycles. The van der Waals surface area contributed by atoms with Gasteiger partial charge in [-0.1, -0.05) is 11.6 Å². The highest BCUT2D eigenvalue weighted by Gasteiger charge is 2.29. The van der Waals surface area contributed by atoms with E-state index in [2.05, 4.69) is 0 Å². The lowest BCUT2D eigenvalue weighted by Gasteiger charge is -2.14. The summed E-state index contributed by atoms with van der Waals surface area (Å²) in [7, 11) is -3.70. The molecule has 7 heteroatoms. The summed E-state index contributed by atoms with van der Waals surface area (Å²) in [5.41, 5.74) is 7.78. The predicted molar refractivity (Wildman–Crippen MR) is 94.2 cm³/mol. The molecule has 1 aromatic carbocycles. The highest BCUT2D eigenvalue weighted by molar-refractivity contribution is 7.91. The van der Waals surface area contributed by atoms with E-state index in [0.29, 0.717) is 17.1 Å². The van der Waals surface area contributed by atoms with Crippen LogP contribution in [0.4, 0.5) is 5.82 Å². The zero-order valence-electron chi connectivity index (χ0n) is 13.8. The van der Waals surface area contributed by atoms with Crippen LogP contribution in [0.3, 0.4) is 0 Å². The SMILES string of the molecule is Cc1c(S(=O)(=O)c2ccc(Cl)cc2)c(N)n(C[C@@H]2CCCO2)c1C. The average molecular weight is 369 g/mol. The molecule has 0 radical (unpaired) electrons. The number of benzene rings is 1. The Kier molecular flexibility index (Phi) is 4.64. The molecule has 2 N–H and O–H groups in total. The maximum atomic E-state index is 13.0. The Balaban J connectivity index is 2.06. The van der Waals surface area contributed by atoms with Crippen molar-refractivity contribution >= 4 is 27.3 Å².